The number of amides is 1. The molecule has 1 atom stereocenters. The second-order valence-corrected chi connectivity index (χ2v) is 5.59. The Morgan fingerprint density at radius 2 is 1.91 bits per heavy atom. The van der Waals surface area contributed by atoms with Gasteiger partial charge in [-0.3, -0.25) is 9.59 Å². The van der Waals surface area contributed by atoms with Crippen LogP contribution in [0.2, 0.25) is 0 Å². The van der Waals surface area contributed by atoms with E-state index in [1.54, 1.807) is 0 Å². The summed E-state index contributed by atoms with van der Waals surface area (Å²) >= 11 is 0. The molecule has 2 aromatic rings. The average Bonchev–Trinajstić information content (AvgIpc) is 2.90. The lowest BCUT2D eigenvalue weighted by atomic mass is 9.98. The Bertz CT molecular complexity index is 690. The number of hydrogen-bond acceptors (Lipinski definition) is 3. The molecule has 122 valence electrons. The molecule has 2 N–H and O–H groups in total. The van der Waals surface area contributed by atoms with Gasteiger partial charge in [-0.25, -0.2) is 0 Å². The number of nitrogens with one attached hydrogen (secondary N) is 1. The minimum absolute atomic E-state index is 0.142. The van der Waals surface area contributed by atoms with E-state index in [9.17, 15) is 9.59 Å². The molecular weight excluding hydrogens is 294 g/mol. The van der Waals surface area contributed by atoms with Gasteiger partial charge in [0.05, 0.1) is 12.5 Å². The summed E-state index contributed by atoms with van der Waals surface area (Å²) in [7, 11) is 0. The lowest BCUT2D eigenvalue weighted by Crippen LogP contribution is -2.30. The number of rotatable bonds is 7. The number of carbonyl (C=O) groups is 2. The fourth-order valence-corrected chi connectivity index (χ4v) is 2.51. The maximum Gasteiger partial charge on any atom is 0.305 e. The third-order valence-electron chi connectivity index (χ3n) is 3.67. The van der Waals surface area contributed by atoms with Crippen molar-refractivity contribution in [2.75, 3.05) is 0 Å². The van der Waals surface area contributed by atoms with Crippen molar-refractivity contribution >= 4 is 11.9 Å². The van der Waals surface area contributed by atoms with Gasteiger partial charge in [-0.2, -0.15) is 0 Å². The van der Waals surface area contributed by atoms with E-state index in [1.165, 1.54) is 0 Å². The minimum Gasteiger partial charge on any atom is -0.481 e. The summed E-state index contributed by atoms with van der Waals surface area (Å²) in [6.07, 6.45) is 0.610. The predicted molar refractivity (Wildman–Crippen MR) is 86.1 cm³/mol. The van der Waals surface area contributed by atoms with E-state index in [1.807, 2.05) is 50.2 Å². The van der Waals surface area contributed by atoms with Crippen LogP contribution in [0.15, 0.2) is 40.8 Å². The predicted octanol–water partition coefficient (Wildman–Crippen LogP) is 3.16. The largest absolute Gasteiger partial charge is 0.481 e. The van der Waals surface area contributed by atoms with Gasteiger partial charge in [0.25, 0.3) is 0 Å². The van der Waals surface area contributed by atoms with E-state index >= 15 is 0 Å². The SMILES string of the molecule is Cc1ccc(CCC(=O)NC(CC(=O)O)c2ccccc2C)o1. The molecule has 0 bridgehead atoms. The number of furan rings is 1. The summed E-state index contributed by atoms with van der Waals surface area (Å²) in [4.78, 5) is 23.2. The van der Waals surface area contributed by atoms with Gasteiger partial charge in [-0.1, -0.05) is 24.3 Å². The molecule has 23 heavy (non-hydrogen) atoms. The van der Waals surface area contributed by atoms with E-state index in [0.29, 0.717) is 6.42 Å². The number of carbonyl (C=O) groups excluding carboxylic acids is 1. The van der Waals surface area contributed by atoms with Crippen molar-refractivity contribution in [3.8, 4) is 0 Å². The highest BCUT2D eigenvalue weighted by Crippen LogP contribution is 2.21. The highest BCUT2D eigenvalue weighted by molar-refractivity contribution is 5.78. The summed E-state index contributed by atoms with van der Waals surface area (Å²) in [6.45, 7) is 3.76. The average molecular weight is 315 g/mol. The molecule has 0 spiro atoms. The van der Waals surface area contributed by atoms with Crippen LogP contribution in [0.1, 0.15) is 41.5 Å². The van der Waals surface area contributed by atoms with Crippen LogP contribution >= 0.6 is 0 Å². The van der Waals surface area contributed by atoms with Gasteiger partial charge in [0.1, 0.15) is 11.5 Å². The van der Waals surface area contributed by atoms with Gasteiger partial charge in [0, 0.05) is 12.8 Å². The summed E-state index contributed by atoms with van der Waals surface area (Å²) in [6, 6.07) is 10.7. The van der Waals surface area contributed by atoms with Crippen molar-refractivity contribution in [2.24, 2.45) is 0 Å². The molecule has 1 aromatic heterocycles. The molecular formula is C18H21NO4. The van der Waals surface area contributed by atoms with Gasteiger partial charge in [-0.15, -0.1) is 0 Å². The maximum atomic E-state index is 12.2. The van der Waals surface area contributed by atoms with Gasteiger partial charge in [0.15, 0.2) is 0 Å². The van der Waals surface area contributed by atoms with Crippen molar-refractivity contribution in [3.05, 3.63) is 59.0 Å². The molecule has 0 aliphatic rings. The van der Waals surface area contributed by atoms with Gasteiger partial charge in [-0.05, 0) is 37.1 Å². The summed E-state index contributed by atoms with van der Waals surface area (Å²) in [5.74, 6) is 0.432. The number of carboxylic acid groups (broad SMARTS) is 1. The summed E-state index contributed by atoms with van der Waals surface area (Å²) in [5, 5.41) is 11.9. The summed E-state index contributed by atoms with van der Waals surface area (Å²) < 4.78 is 5.43. The van der Waals surface area contributed by atoms with Crippen molar-refractivity contribution in [1.82, 2.24) is 5.32 Å². The molecule has 1 amide bonds. The quantitative estimate of drug-likeness (QED) is 0.822. The first-order chi connectivity index (χ1) is 11.0. The van der Waals surface area contributed by atoms with E-state index < -0.39 is 12.0 Å². The first-order valence-electron chi connectivity index (χ1n) is 7.57. The van der Waals surface area contributed by atoms with Crippen molar-refractivity contribution in [2.45, 2.75) is 39.2 Å². The lowest BCUT2D eigenvalue weighted by Gasteiger charge is -2.19. The van der Waals surface area contributed by atoms with Crippen LogP contribution in [0.5, 0.6) is 0 Å². The molecule has 2 rings (SSSR count). The smallest absolute Gasteiger partial charge is 0.305 e. The number of aliphatic carboxylic acids is 1. The molecule has 5 nitrogen and oxygen atoms in total. The van der Waals surface area contributed by atoms with Crippen LogP contribution in [0, 0.1) is 13.8 Å². The molecule has 0 fully saturated rings. The summed E-state index contributed by atoms with van der Waals surface area (Å²) in [5.41, 5.74) is 1.79. The Morgan fingerprint density at radius 1 is 1.17 bits per heavy atom. The fraction of sp³-hybridized carbons (Fsp3) is 0.333. The molecule has 0 aliphatic carbocycles. The first-order valence-corrected chi connectivity index (χ1v) is 7.57. The standard InChI is InChI=1S/C18H21NO4/c1-12-5-3-4-6-15(12)16(11-18(21)22)19-17(20)10-9-14-8-7-13(2)23-14/h3-8,16H,9-11H2,1-2H3,(H,19,20)(H,21,22). The Morgan fingerprint density at radius 3 is 2.52 bits per heavy atom. The van der Waals surface area contributed by atoms with Crippen molar-refractivity contribution < 1.29 is 19.1 Å². The highest BCUT2D eigenvalue weighted by Gasteiger charge is 2.19. The van der Waals surface area contributed by atoms with Gasteiger partial charge < -0.3 is 14.8 Å². The number of aryl methyl sites for hydroxylation is 3. The molecule has 0 aliphatic heterocycles. The monoisotopic (exact) mass is 315 g/mol. The maximum absolute atomic E-state index is 12.2. The Balaban J connectivity index is 2.01. The van der Waals surface area contributed by atoms with Crippen LogP contribution in [-0.2, 0) is 16.0 Å². The molecule has 0 radical (unpaired) electrons. The normalized spacial score (nSPS) is 11.9. The Labute approximate surface area is 135 Å². The van der Waals surface area contributed by atoms with E-state index in [-0.39, 0.29) is 18.7 Å². The number of hydrogen-bond donors (Lipinski definition) is 2. The zero-order valence-corrected chi connectivity index (χ0v) is 13.3. The zero-order valence-electron chi connectivity index (χ0n) is 13.3. The van der Waals surface area contributed by atoms with Gasteiger partial charge in [0.2, 0.25) is 5.91 Å². The fourth-order valence-electron chi connectivity index (χ4n) is 2.51. The molecule has 1 unspecified atom stereocenters. The van der Waals surface area contributed by atoms with Crippen LogP contribution in [-0.4, -0.2) is 17.0 Å². The minimum atomic E-state index is -0.944. The van der Waals surface area contributed by atoms with Gasteiger partial charge >= 0.3 is 5.97 Å². The highest BCUT2D eigenvalue weighted by atomic mass is 16.4. The number of benzene rings is 1. The lowest BCUT2D eigenvalue weighted by molar-refractivity contribution is -0.137. The van der Waals surface area contributed by atoms with Crippen molar-refractivity contribution in [1.29, 1.82) is 0 Å². The van der Waals surface area contributed by atoms with E-state index in [4.69, 9.17) is 9.52 Å². The first kappa shape index (κ1) is 16.8. The van der Waals surface area contributed by atoms with E-state index in [2.05, 4.69) is 5.32 Å². The molecule has 5 heteroatoms. The van der Waals surface area contributed by atoms with Crippen molar-refractivity contribution in [3.63, 3.8) is 0 Å². The Kier molecular flexibility index (Phi) is 5.57. The zero-order chi connectivity index (χ0) is 16.8. The Hall–Kier alpha value is -2.56. The van der Waals surface area contributed by atoms with E-state index in [0.717, 1.165) is 22.6 Å². The molecule has 0 saturated carbocycles. The molecule has 1 heterocycles. The molecule has 0 saturated heterocycles. The van der Waals surface area contributed by atoms with Crippen LogP contribution in [0.4, 0.5) is 0 Å². The topological polar surface area (TPSA) is 79.5 Å². The third kappa shape index (κ3) is 4.98. The van der Waals surface area contributed by atoms with Crippen LogP contribution in [0.3, 0.4) is 0 Å². The molecule has 1 aromatic carbocycles. The van der Waals surface area contributed by atoms with Crippen LogP contribution < -0.4 is 5.32 Å². The second kappa shape index (κ2) is 7.63. The van der Waals surface area contributed by atoms with Crippen LogP contribution in [0.25, 0.3) is 0 Å². The number of carboxylic acids is 1. The second-order valence-electron chi connectivity index (χ2n) is 5.59. The third-order valence-corrected chi connectivity index (χ3v) is 3.67.